The molecule has 0 atom stereocenters. The van der Waals surface area contributed by atoms with Crippen LogP contribution in [0.2, 0.25) is 0 Å². The van der Waals surface area contributed by atoms with E-state index in [9.17, 15) is 9.90 Å². The first-order valence-corrected chi connectivity index (χ1v) is 11.7. The second-order valence-electron chi connectivity index (χ2n) is 8.28. The molecule has 5 rings (SSSR count). The molecule has 4 aromatic rings. The van der Waals surface area contributed by atoms with Gasteiger partial charge in [0, 0.05) is 10.0 Å². The van der Waals surface area contributed by atoms with Crippen LogP contribution in [0, 0.1) is 0 Å². The standard InChI is InChI=1S/C26H23BrN4O2/c27-23-7-5-20(6-8-23)25-16-31(30-29-25)24-14-21(13-22(15-24)26(32)33)18-3-1-17(2-4-18)19-9-11-28-12-10-19/h1-8,13-16,19,28H,9-12H2,(H,32,33). The highest BCUT2D eigenvalue weighted by molar-refractivity contribution is 9.10. The molecule has 2 heterocycles. The maximum Gasteiger partial charge on any atom is 0.335 e. The Morgan fingerprint density at radius 3 is 2.33 bits per heavy atom. The lowest BCUT2D eigenvalue weighted by Crippen LogP contribution is -2.26. The van der Waals surface area contributed by atoms with Crippen molar-refractivity contribution in [3.05, 3.63) is 88.5 Å². The van der Waals surface area contributed by atoms with Gasteiger partial charge in [0.15, 0.2) is 0 Å². The minimum absolute atomic E-state index is 0.214. The Bertz CT molecular complexity index is 1280. The van der Waals surface area contributed by atoms with Crippen molar-refractivity contribution in [1.82, 2.24) is 20.3 Å². The van der Waals surface area contributed by atoms with Crippen LogP contribution < -0.4 is 5.32 Å². The number of aromatic carboxylic acids is 1. The third kappa shape index (κ3) is 4.74. The van der Waals surface area contributed by atoms with Gasteiger partial charge < -0.3 is 10.4 Å². The van der Waals surface area contributed by atoms with Gasteiger partial charge in [0.05, 0.1) is 17.4 Å². The van der Waals surface area contributed by atoms with Gasteiger partial charge in [0.1, 0.15) is 5.69 Å². The summed E-state index contributed by atoms with van der Waals surface area (Å²) in [6, 6.07) is 21.6. The Kier molecular flexibility index (Phi) is 6.07. The number of halogens is 1. The number of hydrogen-bond acceptors (Lipinski definition) is 4. The number of carboxylic acid groups (broad SMARTS) is 1. The minimum Gasteiger partial charge on any atom is -0.478 e. The van der Waals surface area contributed by atoms with Crippen LogP contribution in [-0.2, 0) is 0 Å². The molecule has 33 heavy (non-hydrogen) atoms. The van der Waals surface area contributed by atoms with Crippen LogP contribution in [0.15, 0.2) is 77.4 Å². The first-order chi connectivity index (χ1) is 16.1. The SMILES string of the molecule is O=C(O)c1cc(-c2ccc(C3CCNCC3)cc2)cc(-n2cc(-c3ccc(Br)cc3)nn2)c1. The molecule has 0 unspecified atom stereocenters. The lowest BCUT2D eigenvalue weighted by Gasteiger charge is -2.23. The van der Waals surface area contributed by atoms with E-state index in [0.717, 1.165) is 52.8 Å². The second-order valence-corrected chi connectivity index (χ2v) is 9.19. The molecule has 7 heteroatoms. The van der Waals surface area contributed by atoms with Gasteiger partial charge in [-0.1, -0.05) is 57.5 Å². The molecule has 0 saturated carbocycles. The zero-order valence-corrected chi connectivity index (χ0v) is 19.5. The molecule has 0 radical (unpaired) electrons. The van der Waals surface area contributed by atoms with E-state index in [2.05, 4.69) is 55.8 Å². The molecule has 166 valence electrons. The van der Waals surface area contributed by atoms with Crippen molar-refractivity contribution in [2.75, 3.05) is 13.1 Å². The molecule has 0 bridgehead atoms. The number of hydrogen-bond donors (Lipinski definition) is 2. The highest BCUT2D eigenvalue weighted by Gasteiger charge is 2.16. The Morgan fingerprint density at radius 1 is 0.939 bits per heavy atom. The fraction of sp³-hybridized carbons (Fsp3) is 0.192. The average molecular weight is 503 g/mol. The van der Waals surface area contributed by atoms with E-state index in [4.69, 9.17) is 0 Å². The van der Waals surface area contributed by atoms with Crippen LogP contribution >= 0.6 is 15.9 Å². The number of rotatable bonds is 5. The summed E-state index contributed by atoms with van der Waals surface area (Å²) in [5.74, 6) is -0.397. The molecule has 2 N–H and O–H groups in total. The van der Waals surface area contributed by atoms with Gasteiger partial charge in [-0.2, -0.15) is 0 Å². The van der Waals surface area contributed by atoms with Gasteiger partial charge in [0.25, 0.3) is 0 Å². The van der Waals surface area contributed by atoms with Gasteiger partial charge in [-0.3, -0.25) is 0 Å². The minimum atomic E-state index is -0.974. The van der Waals surface area contributed by atoms with Crippen LogP contribution in [0.4, 0.5) is 0 Å². The molecule has 6 nitrogen and oxygen atoms in total. The largest absolute Gasteiger partial charge is 0.478 e. The number of nitrogens with zero attached hydrogens (tertiary/aromatic N) is 3. The van der Waals surface area contributed by atoms with Crippen molar-refractivity contribution in [2.45, 2.75) is 18.8 Å². The quantitative estimate of drug-likeness (QED) is 0.375. The molecule has 3 aromatic carbocycles. The van der Waals surface area contributed by atoms with Crippen LogP contribution in [0.5, 0.6) is 0 Å². The van der Waals surface area contributed by atoms with E-state index in [1.54, 1.807) is 16.8 Å². The van der Waals surface area contributed by atoms with Crippen LogP contribution in [-0.4, -0.2) is 39.2 Å². The predicted octanol–water partition coefficient (Wildman–Crippen LogP) is 5.53. The first kappa shape index (κ1) is 21.6. The van der Waals surface area contributed by atoms with E-state index in [0.29, 0.717) is 11.6 Å². The van der Waals surface area contributed by atoms with Crippen molar-refractivity contribution in [3.8, 4) is 28.1 Å². The Balaban J connectivity index is 1.48. The van der Waals surface area contributed by atoms with E-state index in [1.165, 1.54) is 5.56 Å². The summed E-state index contributed by atoms with van der Waals surface area (Å²) in [5, 5.41) is 21.6. The van der Waals surface area contributed by atoms with Crippen molar-refractivity contribution >= 4 is 21.9 Å². The summed E-state index contributed by atoms with van der Waals surface area (Å²) >= 11 is 3.44. The normalized spacial score (nSPS) is 14.3. The average Bonchev–Trinajstić information content (AvgIpc) is 3.35. The van der Waals surface area contributed by atoms with Crippen molar-refractivity contribution in [1.29, 1.82) is 0 Å². The maximum absolute atomic E-state index is 11.8. The summed E-state index contributed by atoms with van der Waals surface area (Å²) in [7, 11) is 0. The first-order valence-electron chi connectivity index (χ1n) is 10.9. The van der Waals surface area contributed by atoms with E-state index in [-0.39, 0.29) is 5.56 Å². The number of nitrogens with one attached hydrogen (secondary N) is 1. The van der Waals surface area contributed by atoms with Gasteiger partial charge in [0.2, 0.25) is 0 Å². The maximum atomic E-state index is 11.8. The zero-order valence-electron chi connectivity index (χ0n) is 17.9. The monoisotopic (exact) mass is 502 g/mol. The summed E-state index contributed by atoms with van der Waals surface area (Å²) in [5.41, 5.74) is 5.68. The van der Waals surface area contributed by atoms with Crippen LogP contribution in [0.1, 0.15) is 34.7 Å². The lowest BCUT2D eigenvalue weighted by molar-refractivity contribution is 0.0697. The number of aromatic nitrogens is 3. The smallest absolute Gasteiger partial charge is 0.335 e. The molecule has 0 amide bonds. The topological polar surface area (TPSA) is 80.0 Å². The number of carbonyl (C=O) groups is 1. The van der Waals surface area contributed by atoms with Gasteiger partial charge in [-0.25, -0.2) is 9.48 Å². The summed E-state index contributed by atoms with van der Waals surface area (Å²) in [6.07, 6.45) is 4.10. The summed E-state index contributed by atoms with van der Waals surface area (Å²) < 4.78 is 2.61. The second kappa shape index (κ2) is 9.29. The van der Waals surface area contributed by atoms with Crippen molar-refractivity contribution in [2.24, 2.45) is 0 Å². The third-order valence-electron chi connectivity index (χ3n) is 6.12. The fourth-order valence-electron chi connectivity index (χ4n) is 4.28. The fourth-order valence-corrected chi connectivity index (χ4v) is 4.54. The molecule has 1 fully saturated rings. The molecule has 1 aliphatic heterocycles. The molecular formula is C26H23BrN4O2. The molecule has 1 aliphatic rings. The van der Waals surface area contributed by atoms with Crippen LogP contribution in [0.25, 0.3) is 28.1 Å². The molecule has 1 aromatic heterocycles. The molecule has 1 saturated heterocycles. The van der Waals surface area contributed by atoms with Gasteiger partial charge in [-0.15, -0.1) is 5.10 Å². The molecular weight excluding hydrogens is 480 g/mol. The molecule has 0 aliphatic carbocycles. The Morgan fingerprint density at radius 2 is 1.64 bits per heavy atom. The number of piperidine rings is 1. The third-order valence-corrected chi connectivity index (χ3v) is 6.65. The van der Waals surface area contributed by atoms with Gasteiger partial charge >= 0.3 is 5.97 Å². The van der Waals surface area contributed by atoms with E-state index < -0.39 is 5.97 Å². The highest BCUT2D eigenvalue weighted by atomic mass is 79.9. The van der Waals surface area contributed by atoms with Crippen molar-refractivity contribution < 1.29 is 9.90 Å². The molecule has 0 spiro atoms. The van der Waals surface area contributed by atoms with E-state index in [1.807, 2.05) is 36.5 Å². The Hall–Kier alpha value is -3.29. The van der Waals surface area contributed by atoms with E-state index >= 15 is 0 Å². The summed E-state index contributed by atoms with van der Waals surface area (Å²) in [4.78, 5) is 11.8. The van der Waals surface area contributed by atoms with Gasteiger partial charge in [-0.05, 0) is 78.9 Å². The highest BCUT2D eigenvalue weighted by Crippen LogP contribution is 2.30. The number of benzene rings is 3. The Labute approximate surface area is 200 Å². The van der Waals surface area contributed by atoms with Crippen LogP contribution in [0.3, 0.4) is 0 Å². The predicted molar refractivity (Wildman–Crippen MR) is 132 cm³/mol. The lowest BCUT2D eigenvalue weighted by atomic mass is 9.89. The number of carboxylic acids is 1. The van der Waals surface area contributed by atoms with Crippen molar-refractivity contribution in [3.63, 3.8) is 0 Å². The summed E-state index contributed by atoms with van der Waals surface area (Å²) in [6.45, 7) is 2.10. The zero-order chi connectivity index (χ0) is 22.8.